The molecule has 2 aliphatic carbocycles. The third-order valence-corrected chi connectivity index (χ3v) is 8.59. The van der Waals surface area contributed by atoms with Crippen molar-refractivity contribution in [3.63, 3.8) is 0 Å². The molecule has 0 N–H and O–H groups in total. The van der Waals surface area contributed by atoms with E-state index in [1.165, 1.54) is 6.07 Å². The lowest BCUT2D eigenvalue weighted by molar-refractivity contribution is 0.0230. The molecular formula is C34H45F3O3. The third kappa shape index (κ3) is 8.28. The number of rotatable bonds is 14. The fraction of sp³-hybridized carbons (Fsp3) is 0.588. The summed E-state index contributed by atoms with van der Waals surface area (Å²) in [5.41, 5.74) is 1.01. The van der Waals surface area contributed by atoms with E-state index in [4.69, 9.17) is 14.2 Å². The molecule has 2 saturated carbocycles. The zero-order valence-electron chi connectivity index (χ0n) is 23.9. The topological polar surface area (TPSA) is 27.7 Å². The molecular weight excluding hydrogens is 513 g/mol. The summed E-state index contributed by atoms with van der Waals surface area (Å²) < 4.78 is 62.3. The second-order valence-corrected chi connectivity index (χ2v) is 11.5. The quantitative estimate of drug-likeness (QED) is 0.171. The van der Waals surface area contributed by atoms with E-state index in [1.54, 1.807) is 12.1 Å². The minimum atomic E-state index is -0.674. The van der Waals surface area contributed by atoms with Gasteiger partial charge >= 0.3 is 0 Å². The summed E-state index contributed by atoms with van der Waals surface area (Å²) in [4.78, 5) is 0. The molecule has 4 rings (SSSR count). The maximum atomic E-state index is 15.3. The smallest absolute Gasteiger partial charge is 0.168 e. The SMILES string of the molecule is C=CCCCOc1ccc(OCC2CCC(c3ccc(C4CCC(OCCCC)CC4)c(F)c3F)CC2)c(F)c1. The fourth-order valence-corrected chi connectivity index (χ4v) is 6.10. The molecule has 0 atom stereocenters. The Bertz CT molecular complexity index is 1070. The van der Waals surface area contributed by atoms with Crippen molar-refractivity contribution in [2.45, 2.75) is 102 Å². The van der Waals surface area contributed by atoms with Crippen molar-refractivity contribution in [3.8, 4) is 11.5 Å². The summed E-state index contributed by atoms with van der Waals surface area (Å²) in [6.07, 6.45) is 12.6. The van der Waals surface area contributed by atoms with Crippen molar-refractivity contribution >= 4 is 0 Å². The standard InChI is InChI=1S/C34H45F3O3/c1-3-5-7-21-39-28-16-19-32(31(35)22-28)40-23-24-8-10-25(11-9-24)29-17-18-30(34(37)33(29)36)26-12-14-27(15-13-26)38-20-6-4-2/h3,16-19,22,24-27H,1,4-15,20-21,23H2,2H3. The van der Waals surface area contributed by atoms with E-state index in [0.717, 1.165) is 83.7 Å². The van der Waals surface area contributed by atoms with Gasteiger partial charge in [-0.2, -0.15) is 0 Å². The Balaban J connectivity index is 1.24. The molecule has 0 aromatic heterocycles. The number of ether oxygens (including phenoxy) is 3. The third-order valence-electron chi connectivity index (χ3n) is 8.59. The summed E-state index contributed by atoms with van der Waals surface area (Å²) >= 11 is 0. The molecule has 40 heavy (non-hydrogen) atoms. The van der Waals surface area contributed by atoms with E-state index in [-0.39, 0.29) is 29.6 Å². The van der Waals surface area contributed by atoms with E-state index >= 15 is 8.78 Å². The summed E-state index contributed by atoms with van der Waals surface area (Å²) in [5, 5.41) is 0. The minimum absolute atomic E-state index is 0.00300. The lowest BCUT2D eigenvalue weighted by atomic mass is 9.77. The summed E-state index contributed by atoms with van der Waals surface area (Å²) in [7, 11) is 0. The molecule has 2 aliphatic rings. The molecule has 0 aliphatic heterocycles. The monoisotopic (exact) mass is 558 g/mol. The second kappa shape index (κ2) is 15.5. The van der Waals surface area contributed by atoms with E-state index < -0.39 is 17.5 Å². The van der Waals surface area contributed by atoms with Gasteiger partial charge in [0, 0.05) is 12.7 Å². The number of hydrogen-bond donors (Lipinski definition) is 0. The maximum absolute atomic E-state index is 15.3. The van der Waals surface area contributed by atoms with Crippen molar-refractivity contribution < 1.29 is 27.4 Å². The Labute approximate surface area is 238 Å². The highest BCUT2D eigenvalue weighted by Crippen LogP contribution is 2.41. The van der Waals surface area contributed by atoms with Crippen LogP contribution in [0.25, 0.3) is 0 Å². The Morgan fingerprint density at radius 1 is 0.800 bits per heavy atom. The molecule has 0 heterocycles. The molecule has 0 bridgehead atoms. The van der Waals surface area contributed by atoms with Crippen LogP contribution in [0.1, 0.15) is 107 Å². The first-order valence-corrected chi connectivity index (χ1v) is 15.3. The number of hydrogen-bond acceptors (Lipinski definition) is 3. The van der Waals surface area contributed by atoms with Crippen LogP contribution in [0.3, 0.4) is 0 Å². The Hall–Kier alpha value is -2.47. The molecule has 2 fully saturated rings. The van der Waals surface area contributed by atoms with Gasteiger partial charge in [0.15, 0.2) is 23.2 Å². The average molecular weight is 559 g/mol. The Morgan fingerprint density at radius 3 is 2.05 bits per heavy atom. The number of benzene rings is 2. The van der Waals surface area contributed by atoms with E-state index in [9.17, 15) is 4.39 Å². The average Bonchev–Trinajstić information content (AvgIpc) is 2.97. The van der Waals surface area contributed by atoms with Gasteiger partial charge in [0.05, 0.1) is 19.3 Å². The highest BCUT2D eigenvalue weighted by Gasteiger charge is 2.30. The molecule has 2 aromatic rings. The number of unbranched alkanes of at least 4 members (excludes halogenated alkanes) is 2. The first-order valence-electron chi connectivity index (χ1n) is 15.3. The van der Waals surface area contributed by atoms with Gasteiger partial charge in [0.2, 0.25) is 0 Å². The number of halogens is 3. The van der Waals surface area contributed by atoms with E-state index in [0.29, 0.717) is 30.1 Å². The summed E-state index contributed by atoms with van der Waals surface area (Å²) in [6.45, 7) is 7.53. The molecule has 3 nitrogen and oxygen atoms in total. The molecule has 220 valence electrons. The zero-order valence-corrected chi connectivity index (χ0v) is 23.9. The van der Waals surface area contributed by atoms with Crippen LogP contribution < -0.4 is 9.47 Å². The summed E-state index contributed by atoms with van der Waals surface area (Å²) in [6, 6.07) is 8.32. The van der Waals surface area contributed by atoms with Gasteiger partial charge in [-0.3, -0.25) is 0 Å². The van der Waals surface area contributed by atoms with E-state index in [2.05, 4.69) is 13.5 Å². The van der Waals surface area contributed by atoms with Crippen LogP contribution in [0.5, 0.6) is 11.5 Å². The van der Waals surface area contributed by atoms with Crippen molar-refractivity contribution in [3.05, 3.63) is 71.6 Å². The first-order chi connectivity index (χ1) is 19.5. The van der Waals surface area contributed by atoms with Crippen LogP contribution >= 0.6 is 0 Å². The van der Waals surface area contributed by atoms with Crippen LogP contribution in [-0.4, -0.2) is 25.9 Å². The van der Waals surface area contributed by atoms with Gasteiger partial charge in [-0.25, -0.2) is 13.2 Å². The Kier molecular flexibility index (Phi) is 11.8. The van der Waals surface area contributed by atoms with Crippen molar-refractivity contribution in [1.29, 1.82) is 0 Å². The van der Waals surface area contributed by atoms with Gasteiger partial charge in [-0.05, 0) is 112 Å². The van der Waals surface area contributed by atoms with Gasteiger partial charge in [0.25, 0.3) is 0 Å². The second-order valence-electron chi connectivity index (χ2n) is 11.5. The first kappa shape index (κ1) is 30.5. The van der Waals surface area contributed by atoms with Crippen LogP contribution in [-0.2, 0) is 4.74 Å². The largest absolute Gasteiger partial charge is 0.493 e. The summed E-state index contributed by atoms with van der Waals surface area (Å²) in [5.74, 6) is -0.770. The predicted molar refractivity (Wildman–Crippen MR) is 154 cm³/mol. The predicted octanol–water partition coefficient (Wildman–Crippen LogP) is 9.64. The van der Waals surface area contributed by atoms with Crippen LogP contribution in [0.2, 0.25) is 0 Å². The molecule has 0 saturated heterocycles. The normalized spacial score (nSPS) is 23.1. The van der Waals surface area contributed by atoms with Crippen molar-refractivity contribution in [2.75, 3.05) is 19.8 Å². The fourth-order valence-electron chi connectivity index (χ4n) is 6.10. The van der Waals surface area contributed by atoms with Crippen LogP contribution in [0.4, 0.5) is 13.2 Å². The maximum Gasteiger partial charge on any atom is 0.168 e. The van der Waals surface area contributed by atoms with E-state index in [1.807, 2.05) is 18.2 Å². The highest BCUT2D eigenvalue weighted by atomic mass is 19.2. The van der Waals surface area contributed by atoms with Gasteiger partial charge < -0.3 is 14.2 Å². The molecule has 0 unspecified atom stereocenters. The lowest BCUT2D eigenvalue weighted by Crippen LogP contribution is -2.22. The molecule has 2 aromatic carbocycles. The highest BCUT2D eigenvalue weighted by molar-refractivity contribution is 5.33. The van der Waals surface area contributed by atoms with Gasteiger partial charge in [-0.15, -0.1) is 6.58 Å². The molecule has 0 amide bonds. The van der Waals surface area contributed by atoms with Crippen LogP contribution in [0.15, 0.2) is 43.0 Å². The molecule has 0 spiro atoms. The molecule has 0 radical (unpaired) electrons. The zero-order chi connectivity index (χ0) is 28.3. The molecule has 6 heteroatoms. The van der Waals surface area contributed by atoms with Gasteiger partial charge in [0.1, 0.15) is 5.75 Å². The minimum Gasteiger partial charge on any atom is -0.493 e. The van der Waals surface area contributed by atoms with Crippen molar-refractivity contribution in [2.24, 2.45) is 5.92 Å². The number of allylic oxidation sites excluding steroid dienone is 1. The lowest BCUT2D eigenvalue weighted by Gasteiger charge is -2.31. The van der Waals surface area contributed by atoms with Crippen LogP contribution in [0, 0.1) is 23.4 Å². The van der Waals surface area contributed by atoms with Gasteiger partial charge in [-0.1, -0.05) is 31.6 Å². The Morgan fingerprint density at radius 2 is 1.45 bits per heavy atom. The van der Waals surface area contributed by atoms with Crippen molar-refractivity contribution in [1.82, 2.24) is 0 Å².